The van der Waals surface area contributed by atoms with E-state index in [1.165, 1.54) is 9.75 Å². The largest absolute Gasteiger partial charge is 0.309 e. The number of aromatic nitrogens is 2. The van der Waals surface area contributed by atoms with Gasteiger partial charge < -0.3 is 5.32 Å². The van der Waals surface area contributed by atoms with Gasteiger partial charge in [-0.1, -0.05) is 6.92 Å². The van der Waals surface area contributed by atoms with Gasteiger partial charge in [0.2, 0.25) is 0 Å². The van der Waals surface area contributed by atoms with Crippen molar-refractivity contribution in [3.8, 4) is 0 Å². The summed E-state index contributed by atoms with van der Waals surface area (Å²) < 4.78 is 2.03. The van der Waals surface area contributed by atoms with Crippen molar-refractivity contribution in [2.24, 2.45) is 0 Å². The Labute approximate surface area is 119 Å². The van der Waals surface area contributed by atoms with Gasteiger partial charge in [-0.3, -0.25) is 4.68 Å². The summed E-state index contributed by atoms with van der Waals surface area (Å²) in [6, 6.07) is 7.35. The summed E-state index contributed by atoms with van der Waals surface area (Å²) >= 11 is 1.87. The van der Waals surface area contributed by atoms with Crippen LogP contribution in [0, 0.1) is 6.92 Å². The lowest BCUT2D eigenvalue weighted by Crippen LogP contribution is -2.22. The number of hydrogen-bond acceptors (Lipinski definition) is 3. The Morgan fingerprint density at radius 2 is 2.11 bits per heavy atom. The van der Waals surface area contributed by atoms with E-state index >= 15 is 0 Å². The molecule has 2 aromatic rings. The maximum absolute atomic E-state index is 4.65. The highest BCUT2D eigenvalue weighted by Crippen LogP contribution is 2.25. The molecule has 0 amide bonds. The molecule has 2 aromatic heterocycles. The normalized spacial score (nSPS) is 13.1. The van der Waals surface area contributed by atoms with E-state index in [-0.39, 0.29) is 0 Å². The van der Waals surface area contributed by atoms with Crippen LogP contribution in [0.5, 0.6) is 0 Å². The van der Waals surface area contributed by atoms with Crippen molar-refractivity contribution in [1.82, 2.24) is 15.1 Å². The minimum absolute atomic E-state index is 0.374. The van der Waals surface area contributed by atoms with Gasteiger partial charge in [0.1, 0.15) is 0 Å². The van der Waals surface area contributed by atoms with Crippen molar-refractivity contribution in [2.45, 2.75) is 46.2 Å². The minimum Gasteiger partial charge on any atom is -0.309 e. The third kappa shape index (κ3) is 3.67. The summed E-state index contributed by atoms with van der Waals surface area (Å²) in [5.74, 6) is 0. The highest BCUT2D eigenvalue weighted by atomic mass is 32.1. The van der Waals surface area contributed by atoms with Crippen molar-refractivity contribution in [3.63, 3.8) is 0 Å². The number of nitrogens with zero attached hydrogens (tertiary/aromatic N) is 2. The van der Waals surface area contributed by atoms with Crippen LogP contribution in [0.2, 0.25) is 0 Å². The van der Waals surface area contributed by atoms with Crippen LogP contribution in [0.15, 0.2) is 24.4 Å². The summed E-state index contributed by atoms with van der Waals surface area (Å²) in [5.41, 5.74) is 1.16. The molecule has 0 aliphatic heterocycles. The summed E-state index contributed by atoms with van der Waals surface area (Å²) in [7, 11) is 0. The first kappa shape index (κ1) is 14.3. The summed E-state index contributed by atoms with van der Waals surface area (Å²) in [6.45, 7) is 9.60. The number of thiophene rings is 1. The number of hydrogen-bond donors (Lipinski definition) is 1. The van der Waals surface area contributed by atoms with Gasteiger partial charge in [0, 0.05) is 34.5 Å². The van der Waals surface area contributed by atoms with Crippen LogP contribution in [0.4, 0.5) is 0 Å². The molecule has 0 bridgehead atoms. The molecule has 1 unspecified atom stereocenters. The lowest BCUT2D eigenvalue weighted by Gasteiger charge is -2.15. The second kappa shape index (κ2) is 6.35. The third-order valence-corrected chi connectivity index (χ3v) is 4.28. The molecule has 0 fully saturated rings. The van der Waals surface area contributed by atoms with Gasteiger partial charge in [0.25, 0.3) is 0 Å². The molecule has 1 atom stereocenters. The molecular formula is C15H23N3S. The Morgan fingerprint density at radius 1 is 1.32 bits per heavy atom. The molecular weight excluding hydrogens is 254 g/mol. The van der Waals surface area contributed by atoms with E-state index in [9.17, 15) is 0 Å². The maximum atomic E-state index is 4.65. The monoisotopic (exact) mass is 277 g/mol. The van der Waals surface area contributed by atoms with Crippen LogP contribution < -0.4 is 5.32 Å². The standard InChI is InChI=1S/C15H23N3S/c1-5-16-14(15-7-6-12(4)19-15)10-13-8-9-18(17-13)11(2)3/h6-9,11,14,16H,5,10H2,1-4H3. The molecule has 104 valence electrons. The number of aryl methyl sites for hydroxylation is 1. The van der Waals surface area contributed by atoms with Crippen molar-refractivity contribution < 1.29 is 0 Å². The SMILES string of the molecule is CCNC(Cc1ccn(C(C)C)n1)c1ccc(C)s1. The van der Waals surface area contributed by atoms with Gasteiger partial charge in [-0.25, -0.2) is 0 Å². The van der Waals surface area contributed by atoms with E-state index in [0.717, 1.165) is 18.7 Å². The molecule has 4 heteroatoms. The first-order chi connectivity index (χ1) is 9.10. The Kier molecular flexibility index (Phi) is 4.77. The van der Waals surface area contributed by atoms with Gasteiger partial charge in [0.05, 0.1) is 5.69 Å². The van der Waals surface area contributed by atoms with Gasteiger partial charge in [-0.15, -0.1) is 11.3 Å². The van der Waals surface area contributed by atoms with E-state index in [2.05, 4.69) is 62.5 Å². The maximum Gasteiger partial charge on any atom is 0.0644 e. The van der Waals surface area contributed by atoms with Crippen LogP contribution in [0.25, 0.3) is 0 Å². The molecule has 19 heavy (non-hydrogen) atoms. The lowest BCUT2D eigenvalue weighted by molar-refractivity contribution is 0.509. The van der Waals surface area contributed by atoms with E-state index in [1.807, 2.05) is 16.0 Å². The molecule has 0 saturated carbocycles. The van der Waals surface area contributed by atoms with Crippen LogP contribution in [0.1, 0.15) is 48.3 Å². The molecule has 3 nitrogen and oxygen atoms in total. The van der Waals surface area contributed by atoms with Gasteiger partial charge >= 0.3 is 0 Å². The van der Waals surface area contributed by atoms with Crippen molar-refractivity contribution >= 4 is 11.3 Å². The van der Waals surface area contributed by atoms with E-state index in [1.54, 1.807) is 0 Å². The number of nitrogens with one attached hydrogen (secondary N) is 1. The van der Waals surface area contributed by atoms with Crippen LogP contribution in [-0.4, -0.2) is 16.3 Å². The van der Waals surface area contributed by atoms with Gasteiger partial charge in [-0.05, 0) is 45.5 Å². The number of rotatable bonds is 6. The van der Waals surface area contributed by atoms with E-state index in [4.69, 9.17) is 0 Å². The zero-order chi connectivity index (χ0) is 13.8. The predicted molar refractivity (Wildman–Crippen MR) is 81.8 cm³/mol. The fourth-order valence-electron chi connectivity index (χ4n) is 2.14. The topological polar surface area (TPSA) is 29.9 Å². The second-order valence-electron chi connectivity index (χ2n) is 5.14. The Bertz CT molecular complexity index is 513. The molecule has 0 spiro atoms. The fraction of sp³-hybridized carbons (Fsp3) is 0.533. The molecule has 0 saturated heterocycles. The Hall–Kier alpha value is -1.13. The van der Waals surface area contributed by atoms with Crippen molar-refractivity contribution in [2.75, 3.05) is 6.54 Å². The quantitative estimate of drug-likeness (QED) is 0.872. The van der Waals surface area contributed by atoms with Crippen LogP contribution in [0.3, 0.4) is 0 Å². The summed E-state index contributed by atoms with van der Waals surface area (Å²) in [4.78, 5) is 2.77. The first-order valence-electron chi connectivity index (χ1n) is 6.94. The number of likely N-dealkylation sites (N-methyl/N-ethyl adjacent to an activating group) is 1. The lowest BCUT2D eigenvalue weighted by atomic mass is 10.1. The Balaban J connectivity index is 2.11. The molecule has 0 aromatic carbocycles. The van der Waals surface area contributed by atoms with E-state index in [0.29, 0.717) is 12.1 Å². The van der Waals surface area contributed by atoms with Crippen LogP contribution in [-0.2, 0) is 6.42 Å². The average Bonchev–Trinajstić information content (AvgIpc) is 2.97. The van der Waals surface area contributed by atoms with Crippen molar-refractivity contribution in [3.05, 3.63) is 39.8 Å². The van der Waals surface area contributed by atoms with E-state index < -0.39 is 0 Å². The van der Waals surface area contributed by atoms with Gasteiger partial charge in [0.15, 0.2) is 0 Å². The van der Waals surface area contributed by atoms with Gasteiger partial charge in [-0.2, -0.15) is 5.10 Å². The second-order valence-corrected chi connectivity index (χ2v) is 6.46. The first-order valence-corrected chi connectivity index (χ1v) is 7.75. The Morgan fingerprint density at radius 3 is 2.63 bits per heavy atom. The van der Waals surface area contributed by atoms with Crippen molar-refractivity contribution in [1.29, 1.82) is 0 Å². The average molecular weight is 277 g/mol. The fourth-order valence-corrected chi connectivity index (χ4v) is 3.10. The smallest absolute Gasteiger partial charge is 0.0644 e. The highest BCUT2D eigenvalue weighted by molar-refractivity contribution is 7.12. The highest BCUT2D eigenvalue weighted by Gasteiger charge is 2.15. The summed E-state index contributed by atoms with van der Waals surface area (Å²) in [6.07, 6.45) is 3.02. The molecule has 0 aliphatic carbocycles. The molecule has 1 N–H and O–H groups in total. The summed E-state index contributed by atoms with van der Waals surface area (Å²) in [5, 5.41) is 8.21. The zero-order valence-corrected chi connectivity index (χ0v) is 13.0. The zero-order valence-electron chi connectivity index (χ0n) is 12.2. The molecule has 2 heterocycles. The van der Waals surface area contributed by atoms with Crippen LogP contribution >= 0.6 is 11.3 Å². The minimum atomic E-state index is 0.374. The molecule has 0 radical (unpaired) electrons. The predicted octanol–water partition coefficient (Wildman–Crippen LogP) is 3.73. The molecule has 2 rings (SSSR count). The molecule has 0 aliphatic rings. The third-order valence-electron chi connectivity index (χ3n) is 3.16.